The Morgan fingerprint density at radius 2 is 1.17 bits per heavy atom. The molecule has 0 spiro atoms. The number of unbranched alkanes of at least 4 members (excludes halogenated alkanes) is 12. The Bertz CT molecular complexity index is 423. The van der Waals surface area contributed by atoms with Gasteiger partial charge in [0.15, 0.2) is 0 Å². The van der Waals surface area contributed by atoms with Gasteiger partial charge in [-0.2, -0.15) is 27.0 Å². The number of rotatable bonds is 19. The molecule has 1 atom stereocenters. The maximum Gasteiger partial charge on any atom is 0.326 e. The lowest BCUT2D eigenvalue weighted by atomic mass is 10.0. The minimum atomic E-state index is -1.13. The van der Waals surface area contributed by atoms with Crippen LogP contribution >= 0.6 is 27.0 Å². The molecule has 0 aliphatic heterocycles. The summed E-state index contributed by atoms with van der Waals surface area (Å²) in [6.45, 7) is 2.24. The first-order valence-electron chi connectivity index (χ1n) is 10.8. The molecule has 4 N–H and O–H groups in total. The number of primary amides is 1. The molecular formula is C21H44N2O4S2. The van der Waals surface area contributed by atoms with Gasteiger partial charge in [0.1, 0.15) is 6.04 Å². The smallest absolute Gasteiger partial charge is 0.326 e. The lowest BCUT2D eigenvalue weighted by molar-refractivity contribution is -0.142. The van der Waals surface area contributed by atoms with E-state index in [1.54, 1.807) is 0 Å². The molecule has 0 saturated carbocycles. The highest BCUT2D eigenvalue weighted by Crippen LogP contribution is 2.13. The van der Waals surface area contributed by atoms with Crippen LogP contribution in [0.2, 0.25) is 0 Å². The summed E-state index contributed by atoms with van der Waals surface area (Å²) in [5.74, 6) is -1.96. The molecule has 0 aliphatic rings. The first-order valence-corrected chi connectivity index (χ1v) is 10.8. The van der Waals surface area contributed by atoms with Crippen molar-refractivity contribution < 1.29 is 19.5 Å². The number of carboxylic acids is 1. The lowest BCUT2D eigenvalue weighted by Gasteiger charge is -2.13. The first kappa shape index (κ1) is 32.8. The van der Waals surface area contributed by atoms with Gasteiger partial charge in [-0.1, -0.05) is 84.0 Å². The van der Waals surface area contributed by atoms with Crippen LogP contribution in [0.25, 0.3) is 0 Å². The summed E-state index contributed by atoms with van der Waals surface area (Å²) in [6.07, 6.45) is 16.4. The van der Waals surface area contributed by atoms with Crippen LogP contribution in [-0.2, 0) is 14.4 Å². The Hall–Kier alpha value is -0.890. The SMILES string of the molecule is CCCCCCCCCCCCCCCC(=O)NC(CCC(N)=O)C(=O)O.S.S. The summed E-state index contributed by atoms with van der Waals surface area (Å²) in [6, 6.07) is -1.04. The summed E-state index contributed by atoms with van der Waals surface area (Å²) in [5, 5.41) is 11.5. The van der Waals surface area contributed by atoms with E-state index in [0.29, 0.717) is 6.42 Å². The van der Waals surface area contributed by atoms with E-state index >= 15 is 0 Å². The van der Waals surface area contributed by atoms with Gasteiger partial charge >= 0.3 is 5.97 Å². The third kappa shape index (κ3) is 23.3. The minimum Gasteiger partial charge on any atom is -0.480 e. The summed E-state index contributed by atoms with van der Waals surface area (Å²) in [4.78, 5) is 33.6. The monoisotopic (exact) mass is 452 g/mol. The van der Waals surface area contributed by atoms with Crippen LogP contribution in [0, 0.1) is 0 Å². The maximum atomic E-state index is 11.8. The topological polar surface area (TPSA) is 109 Å². The predicted octanol–water partition coefficient (Wildman–Crippen LogP) is 4.53. The highest BCUT2D eigenvalue weighted by Gasteiger charge is 2.20. The van der Waals surface area contributed by atoms with E-state index in [1.807, 2.05) is 0 Å². The second-order valence-electron chi connectivity index (χ2n) is 7.46. The fourth-order valence-corrected chi connectivity index (χ4v) is 3.11. The van der Waals surface area contributed by atoms with Crippen LogP contribution in [0.5, 0.6) is 0 Å². The molecule has 29 heavy (non-hydrogen) atoms. The second-order valence-corrected chi connectivity index (χ2v) is 7.46. The Morgan fingerprint density at radius 3 is 1.55 bits per heavy atom. The fraction of sp³-hybridized carbons (Fsp3) is 0.857. The van der Waals surface area contributed by atoms with Crippen molar-refractivity contribution in [3.05, 3.63) is 0 Å². The zero-order chi connectivity index (χ0) is 20.3. The highest BCUT2D eigenvalue weighted by atomic mass is 32.1. The Kier molecular flexibility index (Phi) is 26.4. The van der Waals surface area contributed by atoms with Gasteiger partial charge < -0.3 is 16.2 Å². The number of nitrogens with two attached hydrogens (primary N) is 1. The van der Waals surface area contributed by atoms with Crippen molar-refractivity contribution in [2.24, 2.45) is 5.73 Å². The summed E-state index contributed by atoms with van der Waals surface area (Å²) < 4.78 is 0. The van der Waals surface area contributed by atoms with Gasteiger partial charge in [-0.15, -0.1) is 0 Å². The van der Waals surface area contributed by atoms with Crippen molar-refractivity contribution in [2.75, 3.05) is 0 Å². The normalized spacial score (nSPS) is 11.1. The number of aliphatic carboxylic acids is 1. The molecule has 0 aromatic carbocycles. The Labute approximate surface area is 191 Å². The van der Waals surface area contributed by atoms with Crippen molar-refractivity contribution in [1.82, 2.24) is 5.32 Å². The average molecular weight is 453 g/mol. The maximum absolute atomic E-state index is 11.8. The average Bonchev–Trinajstić information content (AvgIpc) is 2.62. The molecule has 0 fully saturated rings. The first-order chi connectivity index (χ1) is 13.0. The molecule has 0 aromatic heterocycles. The van der Waals surface area contributed by atoms with Crippen LogP contribution in [0.1, 0.15) is 110 Å². The number of carbonyl (C=O) groups is 3. The number of amides is 2. The Morgan fingerprint density at radius 1 is 0.759 bits per heavy atom. The number of carboxylic acid groups (broad SMARTS) is 1. The molecule has 0 rings (SSSR count). The molecule has 2 amide bonds. The summed E-state index contributed by atoms with van der Waals surface area (Å²) >= 11 is 0. The van der Waals surface area contributed by atoms with Crippen LogP contribution in [0.4, 0.5) is 0 Å². The van der Waals surface area contributed by atoms with Crippen LogP contribution in [-0.4, -0.2) is 28.9 Å². The summed E-state index contributed by atoms with van der Waals surface area (Å²) in [7, 11) is 0. The molecule has 0 heterocycles. The second kappa shape index (κ2) is 23.4. The molecule has 0 bridgehead atoms. The number of hydrogen-bond donors (Lipinski definition) is 3. The molecule has 6 nitrogen and oxygen atoms in total. The third-order valence-electron chi connectivity index (χ3n) is 4.82. The van der Waals surface area contributed by atoms with Crippen molar-refractivity contribution in [2.45, 2.75) is 116 Å². The van der Waals surface area contributed by atoms with Gasteiger partial charge in [0.05, 0.1) is 0 Å². The quantitative estimate of drug-likeness (QED) is 0.250. The highest BCUT2D eigenvalue weighted by molar-refractivity contribution is 7.59. The minimum absolute atomic E-state index is 0. The Balaban J connectivity index is -0.00000338. The van der Waals surface area contributed by atoms with Gasteiger partial charge in [-0.3, -0.25) is 9.59 Å². The van der Waals surface area contributed by atoms with E-state index in [-0.39, 0.29) is 45.7 Å². The zero-order valence-electron chi connectivity index (χ0n) is 18.1. The molecule has 1 unspecified atom stereocenters. The largest absolute Gasteiger partial charge is 0.480 e. The summed E-state index contributed by atoms with van der Waals surface area (Å²) in [5.41, 5.74) is 5.02. The molecular weight excluding hydrogens is 408 g/mol. The van der Waals surface area contributed by atoms with E-state index in [4.69, 9.17) is 10.8 Å². The molecule has 0 aromatic rings. The van der Waals surface area contributed by atoms with Crippen LogP contribution in [0.3, 0.4) is 0 Å². The third-order valence-corrected chi connectivity index (χ3v) is 4.82. The van der Waals surface area contributed by atoms with Crippen molar-refractivity contribution in [3.8, 4) is 0 Å². The predicted molar refractivity (Wildman–Crippen MR) is 129 cm³/mol. The number of hydrogen-bond acceptors (Lipinski definition) is 3. The zero-order valence-corrected chi connectivity index (χ0v) is 20.1. The van der Waals surface area contributed by atoms with Gasteiger partial charge in [0.2, 0.25) is 11.8 Å². The molecule has 0 saturated heterocycles. The van der Waals surface area contributed by atoms with Crippen molar-refractivity contribution >= 4 is 44.8 Å². The number of nitrogens with one attached hydrogen (secondary N) is 1. The van der Waals surface area contributed by atoms with E-state index in [1.165, 1.54) is 64.2 Å². The van der Waals surface area contributed by atoms with Crippen molar-refractivity contribution in [1.29, 1.82) is 0 Å². The molecule has 174 valence electrons. The van der Waals surface area contributed by atoms with Gasteiger partial charge in [0.25, 0.3) is 0 Å². The van der Waals surface area contributed by atoms with Crippen LogP contribution < -0.4 is 11.1 Å². The number of carbonyl (C=O) groups excluding carboxylic acids is 2. The molecule has 8 heteroatoms. The lowest BCUT2D eigenvalue weighted by Crippen LogP contribution is -2.41. The van der Waals surface area contributed by atoms with Gasteiger partial charge in [-0.25, -0.2) is 4.79 Å². The van der Waals surface area contributed by atoms with Crippen molar-refractivity contribution in [3.63, 3.8) is 0 Å². The fourth-order valence-electron chi connectivity index (χ4n) is 3.11. The van der Waals surface area contributed by atoms with Gasteiger partial charge in [0, 0.05) is 12.8 Å². The molecule has 0 aliphatic carbocycles. The van der Waals surface area contributed by atoms with E-state index < -0.39 is 17.9 Å². The molecule has 0 radical (unpaired) electrons. The van der Waals surface area contributed by atoms with E-state index in [9.17, 15) is 14.4 Å². The standard InChI is InChI=1S/C21H40N2O4.2H2S/c1-2-3-4-5-6-7-8-9-10-11-12-13-14-15-20(25)23-18(21(26)27)16-17-19(22)24;;/h18H,2-17H2,1H3,(H2,22,24)(H,23,25)(H,26,27);2*1H2. The van der Waals surface area contributed by atoms with Crippen LogP contribution in [0.15, 0.2) is 0 Å². The van der Waals surface area contributed by atoms with E-state index in [0.717, 1.165) is 19.3 Å². The van der Waals surface area contributed by atoms with E-state index in [2.05, 4.69) is 12.2 Å². The van der Waals surface area contributed by atoms with Gasteiger partial charge in [-0.05, 0) is 12.8 Å².